The van der Waals surface area contributed by atoms with Crippen molar-refractivity contribution in [3.63, 3.8) is 0 Å². The van der Waals surface area contributed by atoms with Crippen LogP contribution < -0.4 is 0 Å². The predicted octanol–water partition coefficient (Wildman–Crippen LogP) is 2.36. The minimum absolute atomic E-state index is 0.140. The molecule has 0 aliphatic rings. The van der Waals surface area contributed by atoms with Gasteiger partial charge in [0.05, 0.1) is 12.3 Å². The van der Waals surface area contributed by atoms with Crippen molar-refractivity contribution >= 4 is 0 Å². The van der Waals surface area contributed by atoms with E-state index in [0.717, 1.165) is 17.8 Å². The molecule has 18 heavy (non-hydrogen) atoms. The van der Waals surface area contributed by atoms with Crippen molar-refractivity contribution < 1.29 is 5.11 Å². The molecule has 2 aromatic rings. The lowest BCUT2D eigenvalue weighted by Crippen LogP contribution is -2.11. The molecule has 0 radical (unpaired) electrons. The molecule has 1 heterocycles. The Morgan fingerprint density at radius 3 is 2.56 bits per heavy atom. The summed E-state index contributed by atoms with van der Waals surface area (Å²) >= 11 is 0. The molecule has 0 saturated heterocycles. The number of aryl methyl sites for hydroxylation is 3. The molecule has 0 aliphatic heterocycles. The third-order valence-corrected chi connectivity index (χ3v) is 3.40. The van der Waals surface area contributed by atoms with Crippen molar-refractivity contribution in [1.29, 1.82) is 0 Å². The highest BCUT2D eigenvalue weighted by atomic mass is 16.3. The SMILES string of the molecule is Cc1cc(CC(CO)c2ccccc2C)n(C)n1. The van der Waals surface area contributed by atoms with Gasteiger partial charge in [-0.15, -0.1) is 0 Å². The highest BCUT2D eigenvalue weighted by Crippen LogP contribution is 2.23. The average Bonchev–Trinajstić information content (AvgIpc) is 2.66. The topological polar surface area (TPSA) is 38.0 Å². The van der Waals surface area contributed by atoms with E-state index in [1.807, 2.05) is 30.8 Å². The van der Waals surface area contributed by atoms with E-state index in [9.17, 15) is 5.11 Å². The fourth-order valence-corrected chi connectivity index (χ4v) is 2.43. The van der Waals surface area contributed by atoms with Crippen LogP contribution in [0.4, 0.5) is 0 Å². The van der Waals surface area contributed by atoms with E-state index in [1.54, 1.807) is 0 Å². The van der Waals surface area contributed by atoms with Gasteiger partial charge in [-0.25, -0.2) is 0 Å². The third-order valence-electron chi connectivity index (χ3n) is 3.40. The first kappa shape index (κ1) is 12.8. The van der Waals surface area contributed by atoms with Crippen molar-refractivity contribution in [2.24, 2.45) is 7.05 Å². The van der Waals surface area contributed by atoms with Crippen molar-refractivity contribution in [3.05, 3.63) is 52.8 Å². The first-order chi connectivity index (χ1) is 8.61. The minimum Gasteiger partial charge on any atom is -0.396 e. The molecule has 1 aromatic heterocycles. The van der Waals surface area contributed by atoms with Crippen LogP contribution in [-0.2, 0) is 13.5 Å². The van der Waals surface area contributed by atoms with E-state index in [-0.39, 0.29) is 12.5 Å². The van der Waals surface area contributed by atoms with Gasteiger partial charge in [-0.05, 0) is 37.5 Å². The van der Waals surface area contributed by atoms with Crippen LogP contribution in [0.3, 0.4) is 0 Å². The first-order valence-electron chi connectivity index (χ1n) is 6.27. The summed E-state index contributed by atoms with van der Waals surface area (Å²) in [5.74, 6) is 0.140. The second kappa shape index (κ2) is 5.36. The normalized spacial score (nSPS) is 12.7. The Bertz CT molecular complexity index is 531. The van der Waals surface area contributed by atoms with Gasteiger partial charge in [0.15, 0.2) is 0 Å². The zero-order chi connectivity index (χ0) is 13.1. The Kier molecular flexibility index (Phi) is 3.82. The number of rotatable bonds is 4. The van der Waals surface area contributed by atoms with Crippen molar-refractivity contribution in [1.82, 2.24) is 9.78 Å². The molecule has 1 unspecified atom stereocenters. The largest absolute Gasteiger partial charge is 0.396 e. The van der Waals surface area contributed by atoms with Gasteiger partial charge in [-0.3, -0.25) is 4.68 Å². The lowest BCUT2D eigenvalue weighted by molar-refractivity contribution is 0.262. The van der Waals surface area contributed by atoms with Crippen molar-refractivity contribution in [2.75, 3.05) is 6.61 Å². The lowest BCUT2D eigenvalue weighted by atomic mass is 9.91. The molecule has 0 aliphatic carbocycles. The van der Waals surface area contributed by atoms with Gasteiger partial charge in [-0.2, -0.15) is 5.10 Å². The van der Waals surface area contributed by atoms with E-state index < -0.39 is 0 Å². The Balaban J connectivity index is 2.25. The van der Waals surface area contributed by atoms with Crippen LogP contribution in [0, 0.1) is 13.8 Å². The molecule has 1 aromatic carbocycles. The first-order valence-corrected chi connectivity index (χ1v) is 6.27. The molecule has 1 atom stereocenters. The third kappa shape index (κ3) is 2.62. The van der Waals surface area contributed by atoms with Gasteiger partial charge in [0.25, 0.3) is 0 Å². The highest BCUT2D eigenvalue weighted by Gasteiger charge is 2.15. The Hall–Kier alpha value is -1.61. The maximum absolute atomic E-state index is 9.63. The fourth-order valence-electron chi connectivity index (χ4n) is 2.43. The van der Waals surface area contributed by atoms with E-state index in [4.69, 9.17) is 0 Å². The summed E-state index contributed by atoms with van der Waals surface area (Å²) in [5.41, 5.74) is 4.64. The van der Waals surface area contributed by atoms with Gasteiger partial charge in [0, 0.05) is 18.7 Å². The van der Waals surface area contributed by atoms with Crippen LogP contribution in [0.1, 0.15) is 28.4 Å². The number of benzene rings is 1. The van der Waals surface area contributed by atoms with Crippen LogP contribution in [0.5, 0.6) is 0 Å². The van der Waals surface area contributed by atoms with Crippen LogP contribution in [0.15, 0.2) is 30.3 Å². The standard InChI is InChI=1S/C15H20N2O/c1-11-6-4-5-7-15(11)13(10-18)9-14-8-12(2)16-17(14)3/h4-8,13,18H,9-10H2,1-3H3. The van der Waals surface area contributed by atoms with Crippen molar-refractivity contribution in [2.45, 2.75) is 26.2 Å². The number of aliphatic hydroxyl groups excluding tert-OH is 1. The maximum atomic E-state index is 9.63. The summed E-state index contributed by atoms with van der Waals surface area (Å²) in [6.07, 6.45) is 0.818. The molecule has 2 rings (SSSR count). The van der Waals surface area contributed by atoms with E-state index in [2.05, 4.69) is 30.2 Å². The van der Waals surface area contributed by atoms with E-state index >= 15 is 0 Å². The number of hydrogen-bond donors (Lipinski definition) is 1. The zero-order valence-corrected chi connectivity index (χ0v) is 11.2. The summed E-state index contributed by atoms with van der Waals surface area (Å²) in [5, 5.41) is 14.0. The molecule has 3 nitrogen and oxygen atoms in total. The summed E-state index contributed by atoms with van der Waals surface area (Å²) in [4.78, 5) is 0. The summed E-state index contributed by atoms with van der Waals surface area (Å²) in [6, 6.07) is 10.3. The number of hydrogen-bond acceptors (Lipinski definition) is 2. The molecule has 96 valence electrons. The van der Waals surface area contributed by atoms with Crippen LogP contribution in [0.2, 0.25) is 0 Å². The minimum atomic E-state index is 0.140. The smallest absolute Gasteiger partial charge is 0.0596 e. The number of aromatic nitrogens is 2. The van der Waals surface area contributed by atoms with Gasteiger partial charge in [-0.1, -0.05) is 24.3 Å². The lowest BCUT2D eigenvalue weighted by Gasteiger charge is -2.17. The molecule has 0 saturated carbocycles. The number of nitrogens with zero attached hydrogens (tertiary/aromatic N) is 2. The molecular formula is C15H20N2O. The molecule has 0 amide bonds. The molecule has 3 heteroatoms. The van der Waals surface area contributed by atoms with Gasteiger partial charge < -0.3 is 5.11 Å². The Morgan fingerprint density at radius 1 is 1.28 bits per heavy atom. The molecule has 0 fully saturated rings. The Morgan fingerprint density at radius 2 is 2.00 bits per heavy atom. The number of aliphatic hydroxyl groups is 1. The van der Waals surface area contributed by atoms with Crippen LogP contribution in [0.25, 0.3) is 0 Å². The second-order valence-electron chi connectivity index (χ2n) is 4.84. The van der Waals surface area contributed by atoms with Gasteiger partial charge in [0.2, 0.25) is 0 Å². The van der Waals surface area contributed by atoms with Gasteiger partial charge in [0.1, 0.15) is 0 Å². The summed E-state index contributed by atoms with van der Waals surface area (Å²) in [6.45, 7) is 4.24. The van der Waals surface area contributed by atoms with E-state index in [0.29, 0.717) is 0 Å². The van der Waals surface area contributed by atoms with Crippen molar-refractivity contribution in [3.8, 4) is 0 Å². The van der Waals surface area contributed by atoms with Crippen LogP contribution >= 0.6 is 0 Å². The molecular weight excluding hydrogens is 224 g/mol. The maximum Gasteiger partial charge on any atom is 0.0596 e. The zero-order valence-electron chi connectivity index (χ0n) is 11.2. The van der Waals surface area contributed by atoms with Gasteiger partial charge >= 0.3 is 0 Å². The monoisotopic (exact) mass is 244 g/mol. The second-order valence-corrected chi connectivity index (χ2v) is 4.84. The fraction of sp³-hybridized carbons (Fsp3) is 0.400. The average molecular weight is 244 g/mol. The quantitative estimate of drug-likeness (QED) is 0.896. The van der Waals surface area contributed by atoms with Crippen LogP contribution in [-0.4, -0.2) is 21.5 Å². The highest BCUT2D eigenvalue weighted by molar-refractivity contribution is 5.30. The summed E-state index contributed by atoms with van der Waals surface area (Å²) < 4.78 is 1.90. The molecule has 0 bridgehead atoms. The molecule has 1 N–H and O–H groups in total. The summed E-state index contributed by atoms with van der Waals surface area (Å²) in [7, 11) is 1.95. The van der Waals surface area contributed by atoms with E-state index in [1.165, 1.54) is 11.1 Å². The Labute approximate surface area is 108 Å². The predicted molar refractivity (Wildman–Crippen MR) is 72.7 cm³/mol. The molecule has 0 spiro atoms.